The summed E-state index contributed by atoms with van der Waals surface area (Å²) in [5, 5.41) is 8.87. The molecule has 7 heteroatoms. The molecule has 108 valence electrons. The lowest BCUT2D eigenvalue weighted by Gasteiger charge is -2.03. The molecule has 3 aromatic rings. The molecule has 0 fully saturated rings. The highest BCUT2D eigenvalue weighted by molar-refractivity contribution is 6.31. The maximum Gasteiger partial charge on any atom is 0.248 e. The SMILES string of the molecule is Cc1nn(Cc2nc(-c3cccc(N)c3C)no2)cc1Cl. The number of aromatic nitrogens is 4. The average molecular weight is 304 g/mol. The van der Waals surface area contributed by atoms with Crippen LogP contribution in [0.2, 0.25) is 5.02 Å². The van der Waals surface area contributed by atoms with E-state index in [2.05, 4.69) is 15.2 Å². The van der Waals surface area contributed by atoms with E-state index in [1.165, 1.54) is 0 Å². The predicted molar refractivity (Wildman–Crippen MR) is 80.0 cm³/mol. The van der Waals surface area contributed by atoms with Crippen molar-refractivity contribution in [3.63, 3.8) is 0 Å². The normalized spacial score (nSPS) is 11.0. The molecule has 0 spiro atoms. The van der Waals surface area contributed by atoms with E-state index in [1.54, 1.807) is 10.9 Å². The monoisotopic (exact) mass is 303 g/mol. The molecular weight excluding hydrogens is 290 g/mol. The fourth-order valence-corrected chi connectivity index (χ4v) is 2.19. The van der Waals surface area contributed by atoms with E-state index in [-0.39, 0.29) is 0 Å². The molecular formula is C14H14ClN5O. The lowest BCUT2D eigenvalue weighted by atomic mass is 10.1. The molecule has 21 heavy (non-hydrogen) atoms. The van der Waals surface area contributed by atoms with Gasteiger partial charge in [-0.05, 0) is 25.5 Å². The molecule has 2 N–H and O–H groups in total. The van der Waals surface area contributed by atoms with Crippen LogP contribution in [0.1, 0.15) is 17.1 Å². The molecule has 0 aliphatic heterocycles. The Kier molecular flexibility index (Phi) is 3.39. The van der Waals surface area contributed by atoms with Crippen molar-refractivity contribution in [3.05, 3.63) is 46.6 Å². The number of rotatable bonds is 3. The van der Waals surface area contributed by atoms with Crippen LogP contribution in [0.4, 0.5) is 5.69 Å². The van der Waals surface area contributed by atoms with E-state index < -0.39 is 0 Å². The minimum absolute atomic E-state index is 0.377. The van der Waals surface area contributed by atoms with E-state index in [0.29, 0.717) is 29.0 Å². The molecule has 2 aromatic heterocycles. The van der Waals surface area contributed by atoms with Crippen molar-refractivity contribution in [2.45, 2.75) is 20.4 Å². The molecule has 0 bridgehead atoms. The Balaban J connectivity index is 1.88. The topological polar surface area (TPSA) is 82.8 Å². The van der Waals surface area contributed by atoms with Gasteiger partial charge in [-0.15, -0.1) is 0 Å². The number of nitrogens with two attached hydrogens (primary N) is 1. The van der Waals surface area contributed by atoms with Crippen LogP contribution in [0.5, 0.6) is 0 Å². The van der Waals surface area contributed by atoms with Crippen molar-refractivity contribution in [1.29, 1.82) is 0 Å². The summed E-state index contributed by atoms with van der Waals surface area (Å²) in [7, 11) is 0. The average Bonchev–Trinajstić information content (AvgIpc) is 3.01. The van der Waals surface area contributed by atoms with Gasteiger partial charge in [0.1, 0.15) is 6.54 Å². The molecule has 0 atom stereocenters. The first kappa shape index (κ1) is 13.6. The minimum Gasteiger partial charge on any atom is -0.398 e. The summed E-state index contributed by atoms with van der Waals surface area (Å²) in [6.07, 6.45) is 1.73. The van der Waals surface area contributed by atoms with Gasteiger partial charge in [-0.1, -0.05) is 28.9 Å². The van der Waals surface area contributed by atoms with Crippen LogP contribution >= 0.6 is 11.6 Å². The van der Waals surface area contributed by atoms with Crippen LogP contribution in [0.25, 0.3) is 11.4 Å². The van der Waals surface area contributed by atoms with Gasteiger partial charge in [0.05, 0.1) is 10.7 Å². The van der Waals surface area contributed by atoms with Gasteiger partial charge in [0, 0.05) is 17.4 Å². The third kappa shape index (κ3) is 2.62. The molecule has 0 unspecified atom stereocenters. The number of nitrogen functional groups attached to an aromatic ring is 1. The Morgan fingerprint density at radius 3 is 2.86 bits per heavy atom. The number of aryl methyl sites for hydroxylation is 1. The van der Waals surface area contributed by atoms with E-state index in [0.717, 1.165) is 16.8 Å². The van der Waals surface area contributed by atoms with Crippen LogP contribution in [-0.2, 0) is 6.54 Å². The third-order valence-corrected chi connectivity index (χ3v) is 3.64. The summed E-state index contributed by atoms with van der Waals surface area (Å²) < 4.78 is 6.93. The van der Waals surface area contributed by atoms with E-state index in [4.69, 9.17) is 21.9 Å². The molecule has 0 saturated heterocycles. The molecule has 0 amide bonds. The Morgan fingerprint density at radius 2 is 2.14 bits per heavy atom. The Labute approximate surface area is 126 Å². The zero-order valence-electron chi connectivity index (χ0n) is 11.7. The predicted octanol–water partition coefficient (Wildman–Crippen LogP) is 2.83. The molecule has 1 aromatic carbocycles. The van der Waals surface area contributed by atoms with E-state index in [9.17, 15) is 0 Å². The summed E-state index contributed by atoms with van der Waals surface area (Å²) in [6, 6.07) is 5.62. The van der Waals surface area contributed by atoms with Crippen LogP contribution in [0, 0.1) is 13.8 Å². The van der Waals surface area contributed by atoms with Crippen molar-refractivity contribution in [2.75, 3.05) is 5.73 Å². The van der Waals surface area contributed by atoms with Crippen molar-refractivity contribution < 1.29 is 4.52 Å². The van der Waals surface area contributed by atoms with Crippen molar-refractivity contribution in [1.82, 2.24) is 19.9 Å². The number of anilines is 1. The fourth-order valence-electron chi connectivity index (χ4n) is 2.04. The largest absolute Gasteiger partial charge is 0.398 e. The van der Waals surface area contributed by atoms with Gasteiger partial charge >= 0.3 is 0 Å². The highest BCUT2D eigenvalue weighted by Gasteiger charge is 2.13. The Bertz CT molecular complexity index is 773. The molecule has 6 nitrogen and oxygen atoms in total. The number of hydrogen-bond acceptors (Lipinski definition) is 5. The van der Waals surface area contributed by atoms with Gasteiger partial charge in [0.2, 0.25) is 11.7 Å². The molecule has 0 aliphatic rings. The standard InChI is InChI=1S/C14H14ClN5O/c1-8-10(4-3-5-12(8)16)14-17-13(21-19-14)7-20-6-11(15)9(2)18-20/h3-6H,7,16H2,1-2H3. The molecule has 0 radical (unpaired) electrons. The summed E-state index contributed by atoms with van der Waals surface area (Å²) in [5.41, 5.74) is 9.16. The maximum atomic E-state index is 5.97. The number of halogens is 1. The quantitative estimate of drug-likeness (QED) is 0.752. The van der Waals surface area contributed by atoms with E-state index >= 15 is 0 Å². The second-order valence-electron chi connectivity index (χ2n) is 4.79. The third-order valence-electron chi connectivity index (χ3n) is 3.27. The van der Waals surface area contributed by atoms with Gasteiger partial charge in [-0.25, -0.2) is 0 Å². The van der Waals surface area contributed by atoms with Crippen molar-refractivity contribution in [3.8, 4) is 11.4 Å². The molecule has 3 rings (SSSR count). The van der Waals surface area contributed by atoms with Crippen molar-refractivity contribution >= 4 is 17.3 Å². The first-order valence-electron chi connectivity index (χ1n) is 6.42. The number of hydrogen-bond donors (Lipinski definition) is 1. The van der Waals surface area contributed by atoms with Crippen LogP contribution in [0.3, 0.4) is 0 Å². The maximum absolute atomic E-state index is 5.97. The van der Waals surface area contributed by atoms with Crippen LogP contribution in [0.15, 0.2) is 28.9 Å². The highest BCUT2D eigenvalue weighted by Crippen LogP contribution is 2.24. The highest BCUT2D eigenvalue weighted by atomic mass is 35.5. The molecule has 2 heterocycles. The van der Waals surface area contributed by atoms with Gasteiger partial charge in [-0.3, -0.25) is 4.68 Å². The summed E-state index contributed by atoms with van der Waals surface area (Å²) >= 11 is 5.97. The van der Waals surface area contributed by atoms with Crippen molar-refractivity contribution in [2.24, 2.45) is 0 Å². The summed E-state index contributed by atoms with van der Waals surface area (Å²) in [5.74, 6) is 0.982. The second kappa shape index (κ2) is 5.21. The summed E-state index contributed by atoms with van der Waals surface area (Å²) in [6.45, 7) is 4.15. The first-order chi connectivity index (χ1) is 10.0. The molecule has 0 aliphatic carbocycles. The smallest absolute Gasteiger partial charge is 0.248 e. The lowest BCUT2D eigenvalue weighted by molar-refractivity contribution is 0.366. The Hall–Kier alpha value is -2.34. The zero-order valence-corrected chi connectivity index (χ0v) is 12.4. The minimum atomic E-state index is 0.377. The summed E-state index contributed by atoms with van der Waals surface area (Å²) in [4.78, 5) is 4.38. The first-order valence-corrected chi connectivity index (χ1v) is 6.80. The number of nitrogens with zero attached hydrogens (tertiary/aromatic N) is 4. The zero-order chi connectivity index (χ0) is 15.0. The van der Waals surface area contributed by atoms with Crippen LogP contribution in [-0.4, -0.2) is 19.9 Å². The van der Waals surface area contributed by atoms with Gasteiger partial charge in [0.15, 0.2) is 0 Å². The van der Waals surface area contributed by atoms with Gasteiger partial charge in [0.25, 0.3) is 0 Å². The lowest BCUT2D eigenvalue weighted by Crippen LogP contribution is -2.00. The van der Waals surface area contributed by atoms with Gasteiger partial charge in [-0.2, -0.15) is 10.1 Å². The Morgan fingerprint density at radius 1 is 1.33 bits per heavy atom. The van der Waals surface area contributed by atoms with Crippen LogP contribution < -0.4 is 5.73 Å². The van der Waals surface area contributed by atoms with E-state index in [1.807, 2.05) is 32.0 Å². The van der Waals surface area contributed by atoms with Gasteiger partial charge < -0.3 is 10.3 Å². The number of benzene rings is 1. The fraction of sp³-hybridized carbons (Fsp3) is 0.214. The second-order valence-corrected chi connectivity index (χ2v) is 5.20. The molecule has 0 saturated carbocycles.